The second kappa shape index (κ2) is 6.79. The molecule has 4 heteroatoms. The molecule has 0 spiro atoms. The Morgan fingerprint density at radius 2 is 1.67 bits per heavy atom. The fourth-order valence-electron chi connectivity index (χ4n) is 2.16. The van der Waals surface area contributed by atoms with Gasteiger partial charge in [0, 0.05) is 20.6 Å². The monoisotopic (exact) mass is 284 g/mol. The molecule has 0 saturated heterocycles. The largest absolute Gasteiger partial charge is 0.481 e. The molecule has 2 rings (SSSR count). The molecule has 0 aliphatic heterocycles. The topological polar surface area (TPSA) is 52.6 Å². The van der Waals surface area contributed by atoms with E-state index in [0.717, 1.165) is 22.5 Å². The summed E-state index contributed by atoms with van der Waals surface area (Å²) in [6.45, 7) is 0.707. The molecule has 0 unspecified atom stereocenters. The molecule has 0 heterocycles. The average Bonchev–Trinajstić information content (AvgIpc) is 2.46. The molecule has 0 saturated carbocycles. The zero-order chi connectivity index (χ0) is 15.2. The van der Waals surface area contributed by atoms with Gasteiger partial charge in [0.25, 0.3) is 0 Å². The Morgan fingerprint density at radius 3 is 2.29 bits per heavy atom. The minimum absolute atomic E-state index is 0.0666. The van der Waals surface area contributed by atoms with Gasteiger partial charge in [0.2, 0.25) is 0 Å². The van der Waals surface area contributed by atoms with Crippen LogP contribution in [0.4, 0.5) is 11.4 Å². The fraction of sp³-hybridized carbons (Fsp3) is 0.235. The van der Waals surface area contributed by atoms with Crippen molar-refractivity contribution in [2.75, 3.05) is 24.3 Å². The molecule has 0 radical (unpaired) electrons. The third-order valence-corrected chi connectivity index (χ3v) is 3.25. The van der Waals surface area contributed by atoms with Gasteiger partial charge in [-0.25, -0.2) is 0 Å². The van der Waals surface area contributed by atoms with Crippen molar-refractivity contribution < 1.29 is 9.90 Å². The SMILES string of the molecule is CN(C)c1ccccc1NCc1ccc(CC(=O)O)cc1. The van der Waals surface area contributed by atoms with E-state index in [9.17, 15) is 4.79 Å². The van der Waals surface area contributed by atoms with Gasteiger partial charge in [-0.1, -0.05) is 36.4 Å². The van der Waals surface area contributed by atoms with Crippen molar-refractivity contribution in [2.45, 2.75) is 13.0 Å². The highest BCUT2D eigenvalue weighted by Crippen LogP contribution is 2.24. The van der Waals surface area contributed by atoms with E-state index in [1.54, 1.807) is 0 Å². The van der Waals surface area contributed by atoms with Crippen LogP contribution in [0.3, 0.4) is 0 Å². The number of hydrogen-bond donors (Lipinski definition) is 2. The summed E-state index contributed by atoms with van der Waals surface area (Å²) in [5.41, 5.74) is 4.16. The van der Waals surface area contributed by atoms with Crippen LogP contribution < -0.4 is 10.2 Å². The minimum Gasteiger partial charge on any atom is -0.481 e. The number of nitrogens with one attached hydrogen (secondary N) is 1. The maximum atomic E-state index is 10.6. The number of anilines is 2. The van der Waals surface area contributed by atoms with Gasteiger partial charge >= 0.3 is 5.97 Å². The molecular formula is C17H20N2O2. The normalized spacial score (nSPS) is 10.2. The minimum atomic E-state index is -0.805. The van der Waals surface area contributed by atoms with Crippen molar-refractivity contribution in [3.63, 3.8) is 0 Å². The summed E-state index contributed by atoms with van der Waals surface area (Å²) in [6, 6.07) is 15.8. The Bertz CT molecular complexity index is 606. The molecule has 0 aliphatic carbocycles. The van der Waals surface area contributed by atoms with Crippen LogP contribution in [-0.2, 0) is 17.8 Å². The third-order valence-electron chi connectivity index (χ3n) is 3.25. The summed E-state index contributed by atoms with van der Waals surface area (Å²) < 4.78 is 0. The first-order chi connectivity index (χ1) is 10.1. The van der Waals surface area contributed by atoms with Crippen molar-refractivity contribution in [3.8, 4) is 0 Å². The number of benzene rings is 2. The second-order valence-electron chi connectivity index (χ2n) is 5.15. The lowest BCUT2D eigenvalue weighted by Crippen LogP contribution is -2.12. The molecule has 0 fully saturated rings. The second-order valence-corrected chi connectivity index (χ2v) is 5.15. The van der Waals surface area contributed by atoms with E-state index in [-0.39, 0.29) is 6.42 Å². The number of carboxylic acids is 1. The van der Waals surface area contributed by atoms with Crippen LogP contribution >= 0.6 is 0 Å². The summed E-state index contributed by atoms with van der Waals surface area (Å²) in [4.78, 5) is 12.7. The summed E-state index contributed by atoms with van der Waals surface area (Å²) in [7, 11) is 4.03. The molecule has 21 heavy (non-hydrogen) atoms. The van der Waals surface area contributed by atoms with E-state index >= 15 is 0 Å². The highest BCUT2D eigenvalue weighted by molar-refractivity contribution is 5.70. The molecule has 4 nitrogen and oxygen atoms in total. The number of para-hydroxylation sites is 2. The molecule has 0 atom stereocenters. The van der Waals surface area contributed by atoms with Crippen LogP contribution in [0.25, 0.3) is 0 Å². The Labute approximate surface area is 125 Å². The van der Waals surface area contributed by atoms with Crippen LogP contribution in [0, 0.1) is 0 Å². The summed E-state index contributed by atoms with van der Waals surface area (Å²) in [5.74, 6) is -0.805. The van der Waals surface area contributed by atoms with Crippen molar-refractivity contribution in [3.05, 3.63) is 59.7 Å². The number of hydrogen-bond acceptors (Lipinski definition) is 3. The number of carbonyl (C=O) groups is 1. The number of rotatable bonds is 6. The first-order valence-corrected chi connectivity index (χ1v) is 6.86. The predicted molar refractivity (Wildman–Crippen MR) is 85.9 cm³/mol. The smallest absolute Gasteiger partial charge is 0.307 e. The van der Waals surface area contributed by atoms with Crippen molar-refractivity contribution in [1.29, 1.82) is 0 Å². The van der Waals surface area contributed by atoms with E-state index in [2.05, 4.69) is 16.3 Å². The van der Waals surface area contributed by atoms with E-state index < -0.39 is 5.97 Å². The lowest BCUT2D eigenvalue weighted by Gasteiger charge is -2.18. The van der Waals surface area contributed by atoms with Gasteiger partial charge in [0.05, 0.1) is 17.8 Å². The molecule has 0 aromatic heterocycles. The van der Waals surface area contributed by atoms with Gasteiger partial charge in [-0.05, 0) is 23.3 Å². The van der Waals surface area contributed by atoms with Gasteiger partial charge in [-0.15, -0.1) is 0 Å². The third kappa shape index (κ3) is 4.24. The molecule has 0 amide bonds. The first kappa shape index (κ1) is 14.9. The maximum Gasteiger partial charge on any atom is 0.307 e. The molecule has 2 aromatic rings. The quantitative estimate of drug-likeness (QED) is 0.856. The standard InChI is InChI=1S/C17H20N2O2/c1-19(2)16-6-4-3-5-15(16)18-12-14-9-7-13(8-10-14)11-17(20)21/h3-10,18H,11-12H2,1-2H3,(H,20,21). The Balaban J connectivity index is 2.02. The number of aliphatic carboxylic acids is 1. The molecule has 2 N–H and O–H groups in total. The van der Waals surface area contributed by atoms with Crippen LogP contribution in [0.1, 0.15) is 11.1 Å². The summed E-state index contributed by atoms with van der Waals surface area (Å²) in [6.07, 6.45) is 0.0666. The van der Waals surface area contributed by atoms with Gasteiger partial charge in [-0.3, -0.25) is 4.79 Å². The van der Waals surface area contributed by atoms with Crippen LogP contribution in [0.15, 0.2) is 48.5 Å². The molecule has 110 valence electrons. The predicted octanol–water partition coefficient (Wildman–Crippen LogP) is 2.99. The number of nitrogens with zero attached hydrogens (tertiary/aromatic N) is 1. The van der Waals surface area contributed by atoms with Crippen LogP contribution in [0.2, 0.25) is 0 Å². The Hall–Kier alpha value is -2.49. The van der Waals surface area contributed by atoms with Crippen LogP contribution in [0.5, 0.6) is 0 Å². The average molecular weight is 284 g/mol. The molecule has 0 aliphatic rings. The number of carboxylic acid groups (broad SMARTS) is 1. The lowest BCUT2D eigenvalue weighted by molar-refractivity contribution is -0.136. The van der Waals surface area contributed by atoms with Crippen molar-refractivity contribution >= 4 is 17.3 Å². The van der Waals surface area contributed by atoms with E-state index in [1.807, 2.05) is 56.6 Å². The zero-order valence-electron chi connectivity index (χ0n) is 12.3. The van der Waals surface area contributed by atoms with E-state index in [4.69, 9.17) is 5.11 Å². The maximum absolute atomic E-state index is 10.6. The first-order valence-electron chi connectivity index (χ1n) is 6.86. The van der Waals surface area contributed by atoms with Crippen molar-refractivity contribution in [1.82, 2.24) is 0 Å². The molecular weight excluding hydrogens is 264 g/mol. The Morgan fingerprint density at radius 1 is 1.05 bits per heavy atom. The summed E-state index contributed by atoms with van der Waals surface area (Å²) in [5, 5.41) is 12.2. The summed E-state index contributed by atoms with van der Waals surface area (Å²) >= 11 is 0. The highest BCUT2D eigenvalue weighted by Gasteiger charge is 2.04. The van der Waals surface area contributed by atoms with Gasteiger partial charge in [0.15, 0.2) is 0 Å². The van der Waals surface area contributed by atoms with Gasteiger partial charge < -0.3 is 15.3 Å². The molecule has 0 bridgehead atoms. The van der Waals surface area contributed by atoms with Crippen molar-refractivity contribution in [2.24, 2.45) is 0 Å². The van der Waals surface area contributed by atoms with Gasteiger partial charge in [-0.2, -0.15) is 0 Å². The van der Waals surface area contributed by atoms with E-state index in [0.29, 0.717) is 6.54 Å². The van der Waals surface area contributed by atoms with Gasteiger partial charge in [0.1, 0.15) is 0 Å². The lowest BCUT2D eigenvalue weighted by atomic mass is 10.1. The zero-order valence-corrected chi connectivity index (χ0v) is 12.3. The molecule has 2 aromatic carbocycles. The fourth-order valence-corrected chi connectivity index (χ4v) is 2.16. The van der Waals surface area contributed by atoms with Crippen LogP contribution in [-0.4, -0.2) is 25.2 Å². The Kier molecular flexibility index (Phi) is 4.82. The highest BCUT2D eigenvalue weighted by atomic mass is 16.4. The van der Waals surface area contributed by atoms with E-state index in [1.165, 1.54) is 0 Å².